The summed E-state index contributed by atoms with van der Waals surface area (Å²) in [4.78, 5) is 0. The Bertz CT molecular complexity index is 221. The second kappa shape index (κ2) is 6.03. The van der Waals surface area contributed by atoms with Gasteiger partial charge in [0.15, 0.2) is 0 Å². The van der Waals surface area contributed by atoms with Crippen molar-refractivity contribution in [3.05, 3.63) is 34.9 Å². The average Bonchev–Trinajstić information content (AvgIpc) is 1.80. The van der Waals surface area contributed by atoms with Gasteiger partial charge in [-0.3, -0.25) is 0 Å². The summed E-state index contributed by atoms with van der Waals surface area (Å²) in [6.07, 6.45) is 0. The van der Waals surface area contributed by atoms with E-state index >= 15 is 0 Å². The minimum absolute atomic E-state index is 0. The van der Waals surface area contributed by atoms with Gasteiger partial charge in [0.2, 0.25) is 0 Å². The molecule has 0 fully saturated rings. The molecule has 0 aliphatic heterocycles. The van der Waals surface area contributed by atoms with Crippen molar-refractivity contribution in [2.45, 2.75) is 20.8 Å². The Labute approximate surface area is 95.3 Å². The van der Waals surface area contributed by atoms with Crippen molar-refractivity contribution >= 4 is 23.1 Å². The van der Waals surface area contributed by atoms with Crippen molar-refractivity contribution in [1.82, 2.24) is 0 Å². The number of benzene rings is 1. The van der Waals surface area contributed by atoms with Gasteiger partial charge in [-0.05, 0) is 0 Å². The summed E-state index contributed by atoms with van der Waals surface area (Å²) in [6.45, 7) is 6.29. The van der Waals surface area contributed by atoms with Gasteiger partial charge in [0.25, 0.3) is 0 Å². The Hall–Kier alpha value is 0.466. The molecule has 2 heteroatoms. The van der Waals surface area contributed by atoms with Crippen molar-refractivity contribution in [2.24, 2.45) is 0 Å². The van der Waals surface area contributed by atoms with E-state index in [1.54, 1.807) is 0 Å². The van der Waals surface area contributed by atoms with E-state index in [9.17, 15) is 0 Å². The summed E-state index contributed by atoms with van der Waals surface area (Å²) in [7, 11) is 0. The van der Waals surface area contributed by atoms with E-state index in [2.05, 4.69) is 32.9 Å². The third-order valence-corrected chi connectivity index (χ3v) is 1.57. The molecule has 0 bridgehead atoms. The minimum atomic E-state index is 0. The maximum atomic E-state index is 3.14. The van der Waals surface area contributed by atoms with Crippen LogP contribution in [0.15, 0.2) is 12.1 Å². The third-order valence-electron chi connectivity index (χ3n) is 1.57. The van der Waals surface area contributed by atoms with Crippen LogP contribution in [0.25, 0.3) is 0 Å². The van der Waals surface area contributed by atoms with Crippen LogP contribution in [0.2, 0.25) is 0 Å². The molecule has 1 aromatic rings. The average molecular weight is 223 g/mol. The van der Waals surface area contributed by atoms with Crippen LogP contribution in [0, 0.1) is 26.8 Å². The first-order valence-electron chi connectivity index (χ1n) is 3.15. The fraction of sp³-hybridized carbons (Fsp3) is 0.333. The van der Waals surface area contributed by atoms with Crippen molar-refractivity contribution in [3.63, 3.8) is 0 Å². The Morgan fingerprint density at radius 2 is 1.64 bits per heavy atom. The molecule has 0 unspecified atom stereocenters. The molecule has 1 aromatic carbocycles. The summed E-state index contributed by atoms with van der Waals surface area (Å²) in [5.41, 5.74) is 3.89. The topological polar surface area (TPSA) is 0 Å². The quantitative estimate of drug-likeness (QED) is 0.392. The van der Waals surface area contributed by atoms with E-state index in [-0.39, 0.29) is 40.0 Å². The standard InChI is InChI=1S/C9H11.BrH.Mg/c1-7-4-5-8(2)9(3)6-7;;/h5-6H,1-3H3;1H;/q-1;;+2/p-1. The molecular formula is C9H11BrMg. The number of rotatable bonds is 0. The first kappa shape index (κ1) is 14.0. The van der Waals surface area contributed by atoms with Crippen molar-refractivity contribution in [3.8, 4) is 0 Å². The molecule has 0 aliphatic carbocycles. The van der Waals surface area contributed by atoms with Crippen LogP contribution in [0.4, 0.5) is 0 Å². The number of aryl methyl sites for hydroxylation is 3. The van der Waals surface area contributed by atoms with E-state index in [1.165, 1.54) is 16.7 Å². The molecule has 0 spiro atoms. The van der Waals surface area contributed by atoms with Crippen LogP contribution in [0.5, 0.6) is 0 Å². The molecule has 0 nitrogen and oxygen atoms in total. The normalized spacial score (nSPS) is 7.91. The zero-order valence-corrected chi connectivity index (χ0v) is 10.2. The van der Waals surface area contributed by atoms with Crippen molar-refractivity contribution in [2.75, 3.05) is 0 Å². The number of hydrogen-bond acceptors (Lipinski definition) is 0. The molecule has 0 aromatic heterocycles. The number of halogens is 1. The molecule has 0 N–H and O–H groups in total. The van der Waals surface area contributed by atoms with Crippen molar-refractivity contribution in [1.29, 1.82) is 0 Å². The van der Waals surface area contributed by atoms with Gasteiger partial charge in [0.1, 0.15) is 0 Å². The fourth-order valence-corrected chi connectivity index (χ4v) is 0.816. The summed E-state index contributed by atoms with van der Waals surface area (Å²) in [5.74, 6) is 0. The molecule has 0 aliphatic rings. The fourth-order valence-electron chi connectivity index (χ4n) is 0.816. The Kier molecular flexibility index (Phi) is 7.69. The first-order valence-corrected chi connectivity index (χ1v) is 3.15. The van der Waals surface area contributed by atoms with Crippen molar-refractivity contribution < 1.29 is 17.0 Å². The Morgan fingerprint density at radius 1 is 1.09 bits per heavy atom. The zero-order valence-electron chi connectivity index (χ0n) is 7.24. The van der Waals surface area contributed by atoms with E-state index in [0.717, 1.165) is 0 Å². The predicted molar refractivity (Wildman–Crippen MR) is 45.2 cm³/mol. The SMILES string of the molecule is Cc1[c-]cc(C)c(C)c1.[Br-].[Mg+2]. The van der Waals surface area contributed by atoms with Crippen LogP contribution in [-0.4, -0.2) is 23.1 Å². The molecule has 0 saturated carbocycles. The largest absolute Gasteiger partial charge is 2.00 e. The third kappa shape index (κ3) is 4.14. The zero-order chi connectivity index (χ0) is 6.85. The summed E-state index contributed by atoms with van der Waals surface area (Å²) < 4.78 is 0. The summed E-state index contributed by atoms with van der Waals surface area (Å²) in [6, 6.07) is 7.32. The molecular weight excluding hydrogens is 212 g/mol. The van der Waals surface area contributed by atoms with Crippen LogP contribution in [0.3, 0.4) is 0 Å². The van der Waals surface area contributed by atoms with Crippen LogP contribution in [0.1, 0.15) is 16.7 Å². The monoisotopic (exact) mass is 222 g/mol. The molecule has 0 atom stereocenters. The molecule has 0 saturated heterocycles. The van der Waals surface area contributed by atoms with Gasteiger partial charge < -0.3 is 17.0 Å². The number of hydrogen-bond donors (Lipinski definition) is 0. The van der Waals surface area contributed by atoms with Gasteiger partial charge in [-0.1, -0.05) is 20.8 Å². The summed E-state index contributed by atoms with van der Waals surface area (Å²) in [5, 5.41) is 0. The van der Waals surface area contributed by atoms with E-state index in [0.29, 0.717) is 0 Å². The summed E-state index contributed by atoms with van der Waals surface area (Å²) >= 11 is 0. The van der Waals surface area contributed by atoms with E-state index in [4.69, 9.17) is 0 Å². The van der Waals surface area contributed by atoms with Crippen LogP contribution in [-0.2, 0) is 0 Å². The first-order chi connectivity index (χ1) is 4.20. The predicted octanol–water partition coefficient (Wildman–Crippen LogP) is -0.965. The van der Waals surface area contributed by atoms with Crippen LogP contribution < -0.4 is 17.0 Å². The maximum Gasteiger partial charge on any atom is 2.00 e. The Balaban J connectivity index is 0. The maximum absolute atomic E-state index is 3.14. The van der Waals surface area contributed by atoms with E-state index in [1.807, 2.05) is 6.07 Å². The molecule has 0 amide bonds. The minimum Gasteiger partial charge on any atom is -1.00 e. The van der Waals surface area contributed by atoms with Gasteiger partial charge in [-0.2, -0.15) is 34.9 Å². The second-order valence-corrected chi connectivity index (χ2v) is 2.48. The van der Waals surface area contributed by atoms with Gasteiger partial charge >= 0.3 is 23.1 Å². The van der Waals surface area contributed by atoms with Crippen LogP contribution >= 0.6 is 0 Å². The second-order valence-electron chi connectivity index (χ2n) is 2.48. The molecule has 56 valence electrons. The smallest absolute Gasteiger partial charge is 1.00 e. The van der Waals surface area contributed by atoms with E-state index < -0.39 is 0 Å². The van der Waals surface area contributed by atoms with Gasteiger partial charge in [0, 0.05) is 0 Å². The molecule has 1 rings (SSSR count). The molecule has 11 heavy (non-hydrogen) atoms. The molecule has 0 heterocycles. The van der Waals surface area contributed by atoms with Gasteiger partial charge in [-0.15, -0.1) is 0 Å². The van der Waals surface area contributed by atoms with Gasteiger partial charge in [-0.25, -0.2) is 0 Å². The Morgan fingerprint density at radius 3 is 2.00 bits per heavy atom. The molecule has 0 radical (unpaired) electrons. The van der Waals surface area contributed by atoms with Gasteiger partial charge in [0.05, 0.1) is 0 Å².